The lowest BCUT2D eigenvalue weighted by Gasteiger charge is -2.13. The van der Waals surface area contributed by atoms with E-state index in [0.717, 1.165) is 66.1 Å². The molecule has 0 saturated carbocycles. The van der Waals surface area contributed by atoms with Crippen LogP contribution in [0.15, 0.2) is 55.1 Å². The minimum absolute atomic E-state index is 0.0626. The molecule has 3 rings (SSSR count). The summed E-state index contributed by atoms with van der Waals surface area (Å²) in [5.74, 6) is 2.45. The Kier molecular flexibility index (Phi) is 8.72. The molecule has 0 atom stereocenters. The highest BCUT2D eigenvalue weighted by Crippen LogP contribution is 2.28. The number of nitrogens with zero attached hydrogens (tertiary/aromatic N) is 2. The number of hydrogen-bond acceptors (Lipinski definition) is 4. The summed E-state index contributed by atoms with van der Waals surface area (Å²) in [5.41, 5.74) is 3.19. The molecule has 6 heteroatoms. The van der Waals surface area contributed by atoms with Crippen molar-refractivity contribution >= 4 is 16.9 Å². The molecule has 0 aliphatic heterocycles. The van der Waals surface area contributed by atoms with E-state index in [-0.39, 0.29) is 5.91 Å². The first-order chi connectivity index (χ1) is 15.7. The fourth-order valence-corrected chi connectivity index (χ4v) is 3.68. The number of nitrogens with one attached hydrogen (secondary N) is 1. The van der Waals surface area contributed by atoms with E-state index in [1.54, 1.807) is 7.11 Å². The number of fused-ring (bicyclic) bond motifs is 1. The summed E-state index contributed by atoms with van der Waals surface area (Å²) in [4.78, 5) is 16.6. The summed E-state index contributed by atoms with van der Waals surface area (Å²) in [7, 11) is 1.66. The van der Waals surface area contributed by atoms with E-state index in [1.165, 1.54) is 0 Å². The first-order valence-electron chi connectivity index (χ1n) is 11.3. The number of amides is 1. The van der Waals surface area contributed by atoms with Gasteiger partial charge < -0.3 is 19.4 Å². The van der Waals surface area contributed by atoms with E-state index < -0.39 is 0 Å². The van der Waals surface area contributed by atoms with Gasteiger partial charge in [0.25, 0.3) is 0 Å². The quantitative estimate of drug-likeness (QED) is 0.301. The molecule has 1 amide bonds. The summed E-state index contributed by atoms with van der Waals surface area (Å²) in [5, 5.41) is 2.98. The molecule has 0 aliphatic carbocycles. The number of hydrogen-bond donors (Lipinski definition) is 1. The standard InChI is InChI=1S/C26H33N3O3/c1-4-10-20-14-15-23(24(18-20)31-3)32-17-9-8-16-29-22-13-7-6-12-21(22)28-25(29)19-27-26(30)11-5-2/h4,6-7,12-15,18H,1,5,8-11,16-17,19H2,2-3H3,(H,27,30). The topological polar surface area (TPSA) is 65.4 Å². The summed E-state index contributed by atoms with van der Waals surface area (Å²) in [6.07, 6.45) is 5.88. The third-order valence-corrected chi connectivity index (χ3v) is 5.30. The maximum atomic E-state index is 11.9. The highest BCUT2D eigenvalue weighted by atomic mass is 16.5. The number of benzene rings is 2. The zero-order chi connectivity index (χ0) is 22.8. The molecular formula is C26H33N3O3. The van der Waals surface area contributed by atoms with Gasteiger partial charge in [-0.1, -0.05) is 31.2 Å². The number of para-hydroxylation sites is 2. The summed E-state index contributed by atoms with van der Waals surface area (Å²) in [6.45, 7) is 7.65. The smallest absolute Gasteiger partial charge is 0.220 e. The second-order valence-corrected chi connectivity index (χ2v) is 7.73. The van der Waals surface area contributed by atoms with Crippen molar-refractivity contribution in [2.24, 2.45) is 0 Å². The second kappa shape index (κ2) is 11.9. The van der Waals surface area contributed by atoms with E-state index in [9.17, 15) is 4.79 Å². The Hall–Kier alpha value is -3.28. The van der Waals surface area contributed by atoms with E-state index in [1.807, 2.05) is 49.4 Å². The van der Waals surface area contributed by atoms with Gasteiger partial charge in [-0.05, 0) is 55.5 Å². The van der Waals surface area contributed by atoms with Crippen molar-refractivity contribution in [1.82, 2.24) is 14.9 Å². The van der Waals surface area contributed by atoms with Crippen LogP contribution in [0.5, 0.6) is 11.5 Å². The number of imidazole rings is 1. The van der Waals surface area contributed by atoms with E-state index in [2.05, 4.69) is 22.5 Å². The lowest BCUT2D eigenvalue weighted by atomic mass is 10.1. The highest BCUT2D eigenvalue weighted by Gasteiger charge is 2.11. The summed E-state index contributed by atoms with van der Waals surface area (Å²) in [6, 6.07) is 14.1. The molecule has 0 bridgehead atoms. The minimum atomic E-state index is 0.0626. The number of aryl methyl sites for hydroxylation is 1. The van der Waals surface area contributed by atoms with Crippen LogP contribution >= 0.6 is 0 Å². The van der Waals surface area contributed by atoms with Gasteiger partial charge in [0.05, 0.1) is 31.3 Å². The van der Waals surface area contributed by atoms with Crippen LogP contribution in [-0.2, 0) is 24.3 Å². The molecule has 0 unspecified atom stereocenters. The Morgan fingerprint density at radius 2 is 2.03 bits per heavy atom. The van der Waals surface area contributed by atoms with Gasteiger partial charge in [0, 0.05) is 13.0 Å². The molecule has 0 fully saturated rings. The zero-order valence-electron chi connectivity index (χ0n) is 19.1. The van der Waals surface area contributed by atoms with E-state index in [0.29, 0.717) is 19.6 Å². The second-order valence-electron chi connectivity index (χ2n) is 7.73. The SMILES string of the molecule is C=CCc1ccc(OCCCCn2c(CNC(=O)CCC)nc3ccccc32)c(OC)c1. The molecule has 1 heterocycles. The van der Waals surface area contributed by atoms with Gasteiger partial charge in [-0.25, -0.2) is 4.98 Å². The molecule has 0 saturated heterocycles. The fraction of sp³-hybridized carbons (Fsp3) is 0.385. The predicted octanol–water partition coefficient (Wildman–Crippen LogP) is 5.05. The van der Waals surface area contributed by atoms with Gasteiger partial charge in [-0.2, -0.15) is 0 Å². The first-order valence-corrected chi connectivity index (χ1v) is 11.3. The van der Waals surface area contributed by atoms with Gasteiger partial charge in [-0.15, -0.1) is 6.58 Å². The molecule has 6 nitrogen and oxygen atoms in total. The number of methoxy groups -OCH3 is 1. The monoisotopic (exact) mass is 435 g/mol. The van der Waals surface area contributed by atoms with Crippen LogP contribution < -0.4 is 14.8 Å². The Balaban J connectivity index is 1.57. The van der Waals surface area contributed by atoms with Crippen molar-refractivity contribution in [2.75, 3.05) is 13.7 Å². The molecule has 1 N–H and O–H groups in total. The Labute approximate surface area is 190 Å². The normalized spacial score (nSPS) is 10.8. The largest absolute Gasteiger partial charge is 0.493 e. The third kappa shape index (κ3) is 6.13. The number of rotatable bonds is 13. The summed E-state index contributed by atoms with van der Waals surface area (Å²) < 4.78 is 13.6. The lowest BCUT2D eigenvalue weighted by molar-refractivity contribution is -0.121. The van der Waals surface area contributed by atoms with Gasteiger partial charge in [0.2, 0.25) is 5.91 Å². The third-order valence-electron chi connectivity index (χ3n) is 5.30. The molecule has 32 heavy (non-hydrogen) atoms. The number of unbranched alkanes of at least 4 members (excludes halogenated alkanes) is 1. The number of allylic oxidation sites excluding steroid dienone is 1. The van der Waals surface area contributed by atoms with Crippen molar-refractivity contribution in [3.8, 4) is 11.5 Å². The van der Waals surface area contributed by atoms with Crippen LogP contribution in [0.4, 0.5) is 0 Å². The number of ether oxygens (including phenoxy) is 2. The van der Waals surface area contributed by atoms with Crippen molar-refractivity contribution in [2.45, 2.75) is 52.1 Å². The average Bonchev–Trinajstić information content (AvgIpc) is 3.16. The molecular weight excluding hydrogens is 402 g/mol. The Morgan fingerprint density at radius 1 is 1.19 bits per heavy atom. The van der Waals surface area contributed by atoms with Crippen molar-refractivity contribution in [3.63, 3.8) is 0 Å². The molecule has 1 aromatic heterocycles. The zero-order valence-corrected chi connectivity index (χ0v) is 19.1. The average molecular weight is 436 g/mol. The summed E-state index contributed by atoms with van der Waals surface area (Å²) >= 11 is 0. The molecule has 0 aliphatic rings. The van der Waals surface area contributed by atoms with E-state index >= 15 is 0 Å². The fourth-order valence-electron chi connectivity index (χ4n) is 3.68. The maximum absolute atomic E-state index is 11.9. The van der Waals surface area contributed by atoms with Crippen LogP contribution in [0, 0.1) is 0 Å². The Morgan fingerprint density at radius 3 is 2.81 bits per heavy atom. The molecule has 2 aromatic carbocycles. The van der Waals surface area contributed by atoms with E-state index in [4.69, 9.17) is 14.5 Å². The number of carbonyl (C=O) groups is 1. The minimum Gasteiger partial charge on any atom is -0.493 e. The first kappa shape index (κ1) is 23.4. The van der Waals surface area contributed by atoms with Crippen LogP contribution in [-0.4, -0.2) is 29.2 Å². The molecule has 170 valence electrons. The maximum Gasteiger partial charge on any atom is 0.220 e. The number of aromatic nitrogens is 2. The van der Waals surface area contributed by atoms with Crippen LogP contribution in [0.3, 0.4) is 0 Å². The van der Waals surface area contributed by atoms with Gasteiger partial charge in [0.1, 0.15) is 5.82 Å². The lowest BCUT2D eigenvalue weighted by Crippen LogP contribution is -2.24. The van der Waals surface area contributed by atoms with Gasteiger partial charge in [0.15, 0.2) is 11.5 Å². The van der Waals surface area contributed by atoms with Crippen molar-refractivity contribution in [3.05, 3.63) is 66.5 Å². The van der Waals surface area contributed by atoms with Crippen LogP contribution in [0.1, 0.15) is 44.0 Å². The van der Waals surface area contributed by atoms with Gasteiger partial charge in [-0.3, -0.25) is 4.79 Å². The van der Waals surface area contributed by atoms with Crippen LogP contribution in [0.25, 0.3) is 11.0 Å². The molecule has 0 radical (unpaired) electrons. The predicted molar refractivity (Wildman–Crippen MR) is 128 cm³/mol. The molecule has 0 spiro atoms. The number of carbonyl (C=O) groups excluding carboxylic acids is 1. The molecule has 3 aromatic rings. The van der Waals surface area contributed by atoms with Crippen molar-refractivity contribution in [1.29, 1.82) is 0 Å². The highest BCUT2D eigenvalue weighted by molar-refractivity contribution is 5.77. The Bertz CT molecular complexity index is 1040. The van der Waals surface area contributed by atoms with Crippen molar-refractivity contribution < 1.29 is 14.3 Å². The van der Waals surface area contributed by atoms with Gasteiger partial charge >= 0.3 is 0 Å². The van der Waals surface area contributed by atoms with Crippen LogP contribution in [0.2, 0.25) is 0 Å².